The van der Waals surface area contributed by atoms with Crippen molar-refractivity contribution in [1.82, 2.24) is 4.90 Å². The minimum Gasteiger partial charge on any atom is -0.374 e. The molecule has 0 aliphatic carbocycles. The van der Waals surface area contributed by atoms with Crippen molar-refractivity contribution in [2.45, 2.75) is 19.0 Å². The summed E-state index contributed by atoms with van der Waals surface area (Å²) in [6, 6.07) is 2.92. The van der Waals surface area contributed by atoms with Gasteiger partial charge in [-0.1, -0.05) is 0 Å². The molecule has 0 amide bonds. The number of hydrogen-bond donors (Lipinski definition) is 0. The van der Waals surface area contributed by atoms with Gasteiger partial charge >= 0.3 is 6.18 Å². The molecule has 23 heavy (non-hydrogen) atoms. The average molecular weight is 331 g/mol. The lowest BCUT2D eigenvalue weighted by Crippen LogP contribution is -2.36. The van der Waals surface area contributed by atoms with Gasteiger partial charge in [-0.3, -0.25) is 10.1 Å². The maximum atomic E-state index is 13.2. The van der Waals surface area contributed by atoms with Crippen molar-refractivity contribution in [2.24, 2.45) is 5.92 Å². The van der Waals surface area contributed by atoms with Gasteiger partial charge in [0.2, 0.25) is 0 Å². The quantitative estimate of drug-likeness (QED) is 0.627. The second-order valence-electron chi connectivity index (χ2n) is 6.08. The van der Waals surface area contributed by atoms with Crippen molar-refractivity contribution < 1.29 is 18.1 Å². The number of rotatable bonds is 4. The third-order valence-electron chi connectivity index (χ3n) is 4.28. The number of nitro groups is 1. The molecule has 1 aromatic carbocycles. The fraction of sp³-hybridized carbons (Fsp3) is 0.600. The molecule has 0 saturated carbocycles. The predicted molar refractivity (Wildman–Crippen MR) is 81.6 cm³/mol. The Morgan fingerprint density at radius 2 is 1.96 bits per heavy atom. The van der Waals surface area contributed by atoms with Crippen LogP contribution in [-0.4, -0.2) is 43.6 Å². The molecule has 0 spiro atoms. The van der Waals surface area contributed by atoms with Gasteiger partial charge < -0.3 is 9.80 Å². The first-order valence-electron chi connectivity index (χ1n) is 7.44. The molecule has 0 N–H and O–H groups in total. The standard InChI is InChI=1S/C15H20F3N3O2/c1-19-7-5-11(6-8-19)10-20(2)14-4-3-12(21(22)23)9-13(14)15(16,17)18/h3-4,9,11H,5-8,10H2,1-2H3. The lowest BCUT2D eigenvalue weighted by atomic mass is 9.96. The maximum absolute atomic E-state index is 13.2. The largest absolute Gasteiger partial charge is 0.418 e. The van der Waals surface area contributed by atoms with Crippen molar-refractivity contribution >= 4 is 11.4 Å². The molecule has 2 rings (SSSR count). The Bertz CT molecular complexity index is 570. The van der Waals surface area contributed by atoms with Gasteiger partial charge in [-0.15, -0.1) is 0 Å². The SMILES string of the molecule is CN1CCC(CN(C)c2ccc([N+](=O)[O-])cc2C(F)(F)F)CC1. The Morgan fingerprint density at radius 1 is 1.35 bits per heavy atom. The summed E-state index contributed by atoms with van der Waals surface area (Å²) in [6.07, 6.45) is -2.74. The van der Waals surface area contributed by atoms with Crippen LogP contribution in [0.4, 0.5) is 24.5 Å². The Hall–Kier alpha value is -1.83. The highest BCUT2D eigenvalue weighted by atomic mass is 19.4. The maximum Gasteiger partial charge on any atom is 0.418 e. The van der Waals surface area contributed by atoms with Gasteiger partial charge in [0.15, 0.2) is 0 Å². The second kappa shape index (κ2) is 6.74. The molecular formula is C15H20F3N3O2. The van der Waals surface area contributed by atoms with Gasteiger partial charge in [0.1, 0.15) is 0 Å². The zero-order valence-corrected chi connectivity index (χ0v) is 13.1. The highest BCUT2D eigenvalue weighted by Crippen LogP contribution is 2.38. The molecule has 1 aliphatic heterocycles. The van der Waals surface area contributed by atoms with Crippen molar-refractivity contribution in [3.63, 3.8) is 0 Å². The van der Waals surface area contributed by atoms with Gasteiger partial charge in [0, 0.05) is 31.4 Å². The summed E-state index contributed by atoms with van der Waals surface area (Å²) in [6.45, 7) is 2.38. The van der Waals surface area contributed by atoms with Crippen LogP contribution >= 0.6 is 0 Å². The van der Waals surface area contributed by atoms with E-state index >= 15 is 0 Å². The molecule has 1 fully saturated rings. The first-order valence-corrected chi connectivity index (χ1v) is 7.44. The summed E-state index contributed by atoms with van der Waals surface area (Å²) in [7, 11) is 3.63. The minimum absolute atomic E-state index is 0.0120. The van der Waals surface area contributed by atoms with E-state index in [0.717, 1.165) is 32.0 Å². The number of halogens is 3. The first-order chi connectivity index (χ1) is 10.7. The van der Waals surface area contributed by atoms with E-state index in [1.165, 1.54) is 6.07 Å². The van der Waals surface area contributed by atoms with E-state index in [2.05, 4.69) is 4.90 Å². The molecule has 1 saturated heterocycles. The van der Waals surface area contributed by atoms with E-state index in [1.807, 2.05) is 7.05 Å². The molecule has 0 unspecified atom stereocenters. The van der Waals surface area contributed by atoms with Crippen molar-refractivity contribution in [2.75, 3.05) is 38.6 Å². The zero-order chi connectivity index (χ0) is 17.2. The normalized spacial score (nSPS) is 17.3. The van der Waals surface area contributed by atoms with E-state index in [0.29, 0.717) is 18.5 Å². The van der Waals surface area contributed by atoms with Crippen LogP contribution in [0.3, 0.4) is 0 Å². The third kappa shape index (κ3) is 4.34. The van der Waals surface area contributed by atoms with Crippen LogP contribution in [0.5, 0.6) is 0 Å². The van der Waals surface area contributed by atoms with Crippen LogP contribution in [0.25, 0.3) is 0 Å². The lowest BCUT2D eigenvalue weighted by Gasteiger charge is -2.33. The number of benzene rings is 1. The predicted octanol–water partition coefficient (Wildman–Crippen LogP) is 3.39. The molecule has 5 nitrogen and oxygen atoms in total. The van der Waals surface area contributed by atoms with Crippen LogP contribution in [0.1, 0.15) is 18.4 Å². The molecule has 0 radical (unpaired) electrons. The Balaban J connectivity index is 2.21. The summed E-state index contributed by atoms with van der Waals surface area (Å²) in [5, 5.41) is 10.7. The number of likely N-dealkylation sites (tertiary alicyclic amines) is 1. The molecule has 1 heterocycles. The van der Waals surface area contributed by atoms with Crippen molar-refractivity contribution in [3.05, 3.63) is 33.9 Å². The molecule has 8 heteroatoms. The molecule has 0 aromatic heterocycles. The zero-order valence-electron chi connectivity index (χ0n) is 13.1. The third-order valence-corrected chi connectivity index (χ3v) is 4.28. The number of non-ortho nitro benzene ring substituents is 1. The highest BCUT2D eigenvalue weighted by molar-refractivity contribution is 5.58. The molecule has 1 aliphatic rings. The van der Waals surface area contributed by atoms with Crippen molar-refractivity contribution in [3.8, 4) is 0 Å². The molecule has 0 atom stereocenters. The fourth-order valence-corrected chi connectivity index (χ4v) is 2.93. The van der Waals surface area contributed by atoms with E-state index in [1.54, 1.807) is 11.9 Å². The van der Waals surface area contributed by atoms with Crippen LogP contribution in [0.2, 0.25) is 0 Å². The number of nitrogens with zero attached hydrogens (tertiary/aromatic N) is 3. The van der Waals surface area contributed by atoms with E-state index < -0.39 is 22.4 Å². The van der Waals surface area contributed by atoms with Crippen LogP contribution in [0.15, 0.2) is 18.2 Å². The van der Waals surface area contributed by atoms with Gasteiger partial charge in [-0.25, -0.2) is 0 Å². The number of anilines is 1. The molecule has 1 aromatic rings. The Morgan fingerprint density at radius 3 is 2.48 bits per heavy atom. The summed E-state index contributed by atoms with van der Waals surface area (Å²) in [5.41, 5.74) is -1.52. The number of alkyl halides is 3. The van der Waals surface area contributed by atoms with Gasteiger partial charge in [-0.05, 0) is 45.0 Å². The van der Waals surface area contributed by atoms with Crippen molar-refractivity contribution in [1.29, 1.82) is 0 Å². The van der Waals surface area contributed by atoms with E-state index in [4.69, 9.17) is 0 Å². The van der Waals surface area contributed by atoms with Crippen LogP contribution in [-0.2, 0) is 6.18 Å². The monoisotopic (exact) mass is 331 g/mol. The van der Waals surface area contributed by atoms with Crippen LogP contribution in [0, 0.1) is 16.0 Å². The topological polar surface area (TPSA) is 49.6 Å². The summed E-state index contributed by atoms with van der Waals surface area (Å²) < 4.78 is 39.7. The summed E-state index contributed by atoms with van der Waals surface area (Å²) in [5.74, 6) is 0.326. The minimum atomic E-state index is -4.62. The average Bonchev–Trinajstić information content (AvgIpc) is 2.48. The molecule has 128 valence electrons. The number of nitro benzene ring substituents is 1. The smallest absolute Gasteiger partial charge is 0.374 e. The highest BCUT2D eigenvalue weighted by Gasteiger charge is 2.36. The van der Waals surface area contributed by atoms with E-state index in [9.17, 15) is 23.3 Å². The number of hydrogen-bond acceptors (Lipinski definition) is 4. The fourth-order valence-electron chi connectivity index (χ4n) is 2.93. The second-order valence-corrected chi connectivity index (χ2v) is 6.08. The molecular weight excluding hydrogens is 311 g/mol. The van der Waals surface area contributed by atoms with Crippen LogP contribution < -0.4 is 4.90 Å². The molecule has 0 bridgehead atoms. The summed E-state index contributed by atoms with van der Waals surface area (Å²) >= 11 is 0. The van der Waals surface area contributed by atoms with Gasteiger partial charge in [-0.2, -0.15) is 13.2 Å². The Labute approximate surface area is 132 Å². The van der Waals surface area contributed by atoms with Gasteiger partial charge in [0.05, 0.1) is 10.5 Å². The summed E-state index contributed by atoms with van der Waals surface area (Å²) in [4.78, 5) is 13.7. The lowest BCUT2D eigenvalue weighted by molar-refractivity contribution is -0.385. The first kappa shape index (κ1) is 17.5. The Kier molecular flexibility index (Phi) is 5.13. The number of piperidine rings is 1. The van der Waals surface area contributed by atoms with Gasteiger partial charge in [0.25, 0.3) is 5.69 Å². The van der Waals surface area contributed by atoms with E-state index in [-0.39, 0.29) is 5.69 Å².